The van der Waals surface area contributed by atoms with Crippen molar-refractivity contribution in [2.75, 3.05) is 33.5 Å². The van der Waals surface area contributed by atoms with E-state index in [1.54, 1.807) is 14.0 Å². The molecule has 0 unspecified atom stereocenters. The highest BCUT2D eigenvalue weighted by atomic mass is 32.1. The van der Waals surface area contributed by atoms with Crippen molar-refractivity contribution in [3.05, 3.63) is 22.6 Å². The van der Waals surface area contributed by atoms with Gasteiger partial charge >= 0.3 is 5.97 Å². The lowest BCUT2D eigenvalue weighted by Crippen LogP contribution is -2.25. The van der Waals surface area contributed by atoms with Crippen LogP contribution in [0.3, 0.4) is 0 Å². The zero-order valence-corrected chi connectivity index (χ0v) is 19.1. The van der Waals surface area contributed by atoms with Crippen LogP contribution in [0.2, 0.25) is 0 Å². The van der Waals surface area contributed by atoms with Crippen LogP contribution in [0.25, 0.3) is 10.1 Å². The molecule has 7 nitrogen and oxygen atoms in total. The Morgan fingerprint density at radius 1 is 1.00 bits per heavy atom. The fourth-order valence-electron chi connectivity index (χ4n) is 3.00. The molecule has 1 aromatic heterocycles. The monoisotopic (exact) mass is 438 g/mol. The molecule has 0 saturated carbocycles. The van der Waals surface area contributed by atoms with E-state index >= 15 is 0 Å². The molecule has 0 N–H and O–H groups in total. The Hall–Kier alpha value is -2.16. The predicted octanol–water partition coefficient (Wildman–Crippen LogP) is 4.52. The van der Waals surface area contributed by atoms with Gasteiger partial charge in [-0.05, 0) is 39.3 Å². The molecule has 0 amide bonds. The Morgan fingerprint density at radius 2 is 1.70 bits per heavy atom. The van der Waals surface area contributed by atoms with Crippen molar-refractivity contribution in [1.29, 1.82) is 0 Å². The van der Waals surface area contributed by atoms with Gasteiger partial charge in [-0.25, -0.2) is 0 Å². The molecule has 0 saturated heterocycles. The van der Waals surface area contributed by atoms with Gasteiger partial charge in [-0.1, -0.05) is 0 Å². The average molecular weight is 439 g/mol. The van der Waals surface area contributed by atoms with Crippen LogP contribution in [0.1, 0.15) is 48.8 Å². The number of aryl methyl sites for hydroxylation is 1. The number of carbonyl (C=O) groups is 2. The number of thiophene rings is 1. The van der Waals surface area contributed by atoms with Crippen LogP contribution in [0.5, 0.6) is 11.5 Å². The second-order valence-electron chi connectivity index (χ2n) is 6.43. The van der Waals surface area contributed by atoms with E-state index in [0.29, 0.717) is 36.2 Å². The topological polar surface area (TPSA) is 80.3 Å². The van der Waals surface area contributed by atoms with Crippen LogP contribution in [0.4, 0.5) is 0 Å². The van der Waals surface area contributed by atoms with E-state index in [9.17, 15) is 9.59 Å². The standard InChI is InChI=1S/C22H30O7S/c1-6-26-20(24)10-9-16(23)22-14(4)15-11-18(17(25-5)12-19(15)30-22)29-13-21(27-7-2)28-8-3/h11-12,21H,6-10,13H2,1-5H3. The minimum Gasteiger partial charge on any atom is -0.493 e. The summed E-state index contributed by atoms with van der Waals surface area (Å²) in [6, 6.07) is 3.73. The molecule has 0 aliphatic rings. The smallest absolute Gasteiger partial charge is 0.306 e. The molecule has 0 aliphatic heterocycles. The summed E-state index contributed by atoms with van der Waals surface area (Å²) in [6.45, 7) is 9.00. The number of ether oxygens (including phenoxy) is 5. The van der Waals surface area contributed by atoms with E-state index in [0.717, 1.165) is 15.6 Å². The van der Waals surface area contributed by atoms with Crippen LogP contribution < -0.4 is 9.47 Å². The molecule has 2 aromatic rings. The number of fused-ring (bicyclic) bond motifs is 1. The van der Waals surface area contributed by atoms with E-state index in [2.05, 4.69) is 0 Å². The molecule has 0 bridgehead atoms. The molecule has 0 radical (unpaired) electrons. The maximum absolute atomic E-state index is 12.6. The Morgan fingerprint density at radius 3 is 2.30 bits per heavy atom. The third-order valence-corrected chi connectivity index (χ3v) is 5.71. The largest absolute Gasteiger partial charge is 0.493 e. The third-order valence-electron chi connectivity index (χ3n) is 4.42. The summed E-state index contributed by atoms with van der Waals surface area (Å²) in [5.41, 5.74) is 0.863. The summed E-state index contributed by atoms with van der Waals surface area (Å²) in [4.78, 5) is 24.8. The van der Waals surface area contributed by atoms with Crippen molar-refractivity contribution in [2.45, 2.75) is 46.8 Å². The van der Waals surface area contributed by atoms with Crippen molar-refractivity contribution in [1.82, 2.24) is 0 Å². The Labute approximate surface area is 181 Å². The zero-order chi connectivity index (χ0) is 22.1. The van der Waals surface area contributed by atoms with Crippen LogP contribution in [-0.4, -0.2) is 51.6 Å². The zero-order valence-electron chi connectivity index (χ0n) is 18.2. The first-order chi connectivity index (χ1) is 14.4. The van der Waals surface area contributed by atoms with Gasteiger partial charge in [0, 0.05) is 35.8 Å². The molecule has 0 atom stereocenters. The van der Waals surface area contributed by atoms with Crippen LogP contribution in [0, 0.1) is 6.92 Å². The minimum atomic E-state index is -0.469. The molecule has 0 spiro atoms. The maximum Gasteiger partial charge on any atom is 0.306 e. The lowest BCUT2D eigenvalue weighted by atomic mass is 10.1. The van der Waals surface area contributed by atoms with Crippen LogP contribution in [0.15, 0.2) is 12.1 Å². The van der Waals surface area contributed by atoms with Gasteiger partial charge in [0.25, 0.3) is 0 Å². The quantitative estimate of drug-likeness (QED) is 0.258. The highest BCUT2D eigenvalue weighted by Crippen LogP contribution is 2.39. The Balaban J connectivity index is 2.23. The van der Waals surface area contributed by atoms with Crippen molar-refractivity contribution in [3.8, 4) is 11.5 Å². The highest BCUT2D eigenvalue weighted by molar-refractivity contribution is 7.21. The molecule has 166 valence electrons. The third kappa shape index (κ3) is 6.17. The molecule has 8 heteroatoms. The average Bonchev–Trinajstić information content (AvgIpc) is 3.05. The first-order valence-corrected chi connectivity index (χ1v) is 10.9. The number of carbonyl (C=O) groups excluding carboxylic acids is 2. The van der Waals surface area contributed by atoms with Crippen molar-refractivity contribution in [3.63, 3.8) is 0 Å². The molecule has 30 heavy (non-hydrogen) atoms. The Kier molecular flexibility index (Phi) is 9.55. The SMILES string of the molecule is CCOC(=O)CCC(=O)c1sc2cc(OC)c(OCC(OCC)OCC)cc2c1C. The molecular formula is C22H30O7S. The van der Waals surface area contributed by atoms with Gasteiger partial charge in [0.05, 0.1) is 25.0 Å². The van der Waals surface area contributed by atoms with Gasteiger partial charge in [-0.2, -0.15) is 0 Å². The molecule has 1 aromatic carbocycles. The molecule has 0 aliphatic carbocycles. The summed E-state index contributed by atoms with van der Waals surface area (Å²) in [5, 5.41) is 0.916. The summed E-state index contributed by atoms with van der Waals surface area (Å²) >= 11 is 1.39. The van der Waals surface area contributed by atoms with Crippen LogP contribution in [-0.2, 0) is 19.0 Å². The first-order valence-electron chi connectivity index (χ1n) is 10.1. The number of hydrogen-bond donors (Lipinski definition) is 0. The van der Waals surface area contributed by atoms with Crippen molar-refractivity contribution in [2.24, 2.45) is 0 Å². The fourth-order valence-corrected chi connectivity index (χ4v) is 4.19. The molecule has 1 heterocycles. The number of rotatable bonds is 13. The molecular weight excluding hydrogens is 408 g/mol. The van der Waals surface area contributed by atoms with Gasteiger partial charge in [0.1, 0.15) is 6.61 Å². The van der Waals surface area contributed by atoms with Crippen LogP contribution >= 0.6 is 11.3 Å². The lowest BCUT2D eigenvalue weighted by Gasteiger charge is -2.18. The van der Waals surface area contributed by atoms with E-state index < -0.39 is 6.29 Å². The summed E-state index contributed by atoms with van der Waals surface area (Å²) in [6.07, 6.45) is -0.268. The van der Waals surface area contributed by atoms with Crippen molar-refractivity contribution >= 4 is 33.2 Å². The van der Waals surface area contributed by atoms with Gasteiger partial charge in [0.2, 0.25) is 0 Å². The highest BCUT2D eigenvalue weighted by Gasteiger charge is 2.20. The van der Waals surface area contributed by atoms with E-state index in [1.165, 1.54) is 11.3 Å². The van der Waals surface area contributed by atoms with Crippen molar-refractivity contribution < 1.29 is 33.3 Å². The Bertz CT molecular complexity index is 853. The summed E-state index contributed by atoms with van der Waals surface area (Å²) in [7, 11) is 1.57. The van der Waals surface area contributed by atoms with Gasteiger partial charge in [-0.3, -0.25) is 9.59 Å². The van der Waals surface area contributed by atoms with E-state index in [1.807, 2.05) is 32.9 Å². The number of ketones is 1. The van der Waals surface area contributed by atoms with E-state index in [4.69, 9.17) is 23.7 Å². The van der Waals surface area contributed by atoms with E-state index in [-0.39, 0.29) is 31.2 Å². The lowest BCUT2D eigenvalue weighted by molar-refractivity contribution is -0.152. The number of Topliss-reactive ketones (excluding diaryl/α,β-unsaturated/α-hetero) is 1. The van der Waals surface area contributed by atoms with Gasteiger partial charge in [0.15, 0.2) is 23.6 Å². The van der Waals surface area contributed by atoms with Gasteiger partial charge in [-0.15, -0.1) is 11.3 Å². The normalized spacial score (nSPS) is 11.1. The van der Waals surface area contributed by atoms with Gasteiger partial charge < -0.3 is 23.7 Å². The number of hydrogen-bond acceptors (Lipinski definition) is 8. The second-order valence-corrected chi connectivity index (χ2v) is 7.49. The molecule has 0 fully saturated rings. The predicted molar refractivity (Wildman–Crippen MR) is 116 cm³/mol. The second kappa shape index (κ2) is 11.9. The minimum absolute atomic E-state index is 0.0732. The number of methoxy groups -OCH3 is 1. The number of benzene rings is 1. The molecule has 2 rings (SSSR count). The summed E-state index contributed by atoms with van der Waals surface area (Å²) < 4.78 is 28.3. The summed E-state index contributed by atoms with van der Waals surface area (Å²) in [5.74, 6) is 0.693. The first kappa shape index (κ1) is 24.1. The number of esters is 1. The fraction of sp³-hybridized carbons (Fsp3) is 0.545. The maximum atomic E-state index is 12.6.